The van der Waals surface area contributed by atoms with Gasteiger partial charge in [0.1, 0.15) is 5.41 Å². The number of aliphatic carboxylic acids is 1. The highest BCUT2D eigenvalue weighted by Crippen LogP contribution is 2.48. The van der Waals surface area contributed by atoms with Gasteiger partial charge >= 0.3 is 5.97 Å². The van der Waals surface area contributed by atoms with Gasteiger partial charge in [-0.25, -0.2) is 0 Å². The fraction of sp³-hybridized carbons (Fsp3) is 0.583. The second kappa shape index (κ2) is 3.31. The van der Waals surface area contributed by atoms with Gasteiger partial charge in [-0.15, -0.1) is 11.3 Å². The molecule has 0 amide bonds. The quantitative estimate of drug-likeness (QED) is 0.824. The van der Waals surface area contributed by atoms with Crippen LogP contribution in [0.5, 0.6) is 0 Å². The molecule has 3 rings (SSSR count). The van der Waals surface area contributed by atoms with Crippen molar-refractivity contribution in [2.45, 2.75) is 43.6 Å². The van der Waals surface area contributed by atoms with E-state index in [4.69, 9.17) is 0 Å². The molecule has 0 atom stereocenters. The molecule has 1 heterocycles. The zero-order chi connectivity index (χ0) is 11.3. The normalized spacial score (nSPS) is 32.2. The molecule has 1 aromatic rings. The molecule has 0 spiro atoms. The van der Waals surface area contributed by atoms with Crippen molar-refractivity contribution in [3.05, 3.63) is 21.4 Å². The molecule has 16 heavy (non-hydrogen) atoms. The second-order valence-corrected chi connectivity index (χ2v) is 6.00. The van der Waals surface area contributed by atoms with Crippen LogP contribution in [0.2, 0.25) is 0 Å². The van der Waals surface area contributed by atoms with E-state index in [1.165, 1.54) is 16.9 Å². The molecule has 2 aliphatic rings. The average Bonchev–Trinajstić information content (AvgIpc) is 2.70. The highest BCUT2D eigenvalue weighted by Gasteiger charge is 2.52. The second-order valence-electron chi connectivity index (χ2n) is 4.86. The molecule has 0 unspecified atom stereocenters. The summed E-state index contributed by atoms with van der Waals surface area (Å²) >= 11 is 1.64. The lowest BCUT2D eigenvalue weighted by atomic mass is 9.66. The van der Waals surface area contributed by atoms with Gasteiger partial charge < -0.3 is 10.2 Å². The van der Waals surface area contributed by atoms with Crippen LogP contribution in [0.4, 0.5) is 0 Å². The number of rotatable bonds is 2. The van der Waals surface area contributed by atoms with Crippen LogP contribution in [-0.4, -0.2) is 22.3 Å². The van der Waals surface area contributed by atoms with E-state index in [9.17, 15) is 15.0 Å². The van der Waals surface area contributed by atoms with Gasteiger partial charge in [0.2, 0.25) is 0 Å². The van der Waals surface area contributed by atoms with Crippen LogP contribution in [-0.2, 0) is 23.1 Å². The van der Waals surface area contributed by atoms with Crippen LogP contribution in [0.1, 0.15) is 34.6 Å². The van der Waals surface area contributed by atoms with E-state index in [2.05, 4.69) is 6.07 Å². The lowest BCUT2D eigenvalue weighted by molar-refractivity contribution is -0.152. The van der Waals surface area contributed by atoms with Crippen molar-refractivity contribution in [1.82, 2.24) is 0 Å². The summed E-state index contributed by atoms with van der Waals surface area (Å²) in [5.74, 6) is -0.780. The predicted octanol–water partition coefficient (Wildman–Crippen LogP) is 1.71. The molecule has 1 fully saturated rings. The Morgan fingerprint density at radius 3 is 2.75 bits per heavy atom. The third kappa shape index (κ3) is 1.26. The van der Waals surface area contributed by atoms with Crippen LogP contribution < -0.4 is 0 Å². The van der Waals surface area contributed by atoms with Gasteiger partial charge in [-0.1, -0.05) is 0 Å². The first-order chi connectivity index (χ1) is 7.62. The number of thiophene rings is 1. The number of carbonyl (C=O) groups is 1. The molecule has 0 aromatic carbocycles. The Balaban J connectivity index is 1.98. The largest absolute Gasteiger partial charge is 0.481 e. The molecule has 3 nitrogen and oxygen atoms in total. The molecular weight excluding hydrogens is 224 g/mol. The topological polar surface area (TPSA) is 57.5 Å². The van der Waals surface area contributed by atoms with Crippen molar-refractivity contribution in [3.63, 3.8) is 0 Å². The van der Waals surface area contributed by atoms with Crippen molar-refractivity contribution < 1.29 is 15.0 Å². The van der Waals surface area contributed by atoms with E-state index in [1.807, 2.05) is 0 Å². The van der Waals surface area contributed by atoms with E-state index in [1.54, 1.807) is 11.3 Å². The monoisotopic (exact) mass is 238 g/mol. The molecule has 0 radical (unpaired) electrons. The zero-order valence-corrected chi connectivity index (χ0v) is 9.72. The summed E-state index contributed by atoms with van der Waals surface area (Å²) in [4.78, 5) is 13.7. The third-order valence-electron chi connectivity index (χ3n) is 3.80. The number of aliphatic hydroxyl groups excluding tert-OH is 1. The molecule has 2 N–H and O–H groups in total. The number of carboxylic acid groups (broad SMARTS) is 1. The average molecular weight is 238 g/mol. The van der Waals surface area contributed by atoms with Crippen molar-refractivity contribution >= 4 is 17.3 Å². The van der Waals surface area contributed by atoms with Gasteiger partial charge in [0.05, 0.1) is 6.10 Å². The summed E-state index contributed by atoms with van der Waals surface area (Å²) in [6, 6.07) is 2.06. The number of aliphatic hydroxyl groups is 1. The minimum absolute atomic E-state index is 0.377. The van der Waals surface area contributed by atoms with Gasteiger partial charge in [0.25, 0.3) is 0 Å². The fourth-order valence-electron chi connectivity index (χ4n) is 2.79. The fourth-order valence-corrected chi connectivity index (χ4v) is 4.25. The van der Waals surface area contributed by atoms with E-state index in [-0.39, 0.29) is 0 Å². The number of aryl methyl sites for hydroxylation is 2. The van der Waals surface area contributed by atoms with Crippen LogP contribution >= 0.6 is 11.3 Å². The minimum atomic E-state index is -0.783. The van der Waals surface area contributed by atoms with E-state index >= 15 is 0 Å². The van der Waals surface area contributed by atoms with E-state index in [0.717, 1.165) is 17.7 Å². The van der Waals surface area contributed by atoms with E-state index < -0.39 is 17.5 Å². The summed E-state index contributed by atoms with van der Waals surface area (Å²) in [5.41, 5.74) is 0.552. The Hall–Kier alpha value is -0.870. The lowest BCUT2D eigenvalue weighted by Gasteiger charge is -2.41. The molecule has 1 saturated carbocycles. The van der Waals surface area contributed by atoms with Gasteiger partial charge in [-0.3, -0.25) is 4.79 Å². The molecule has 0 saturated heterocycles. The Bertz CT molecular complexity index is 422. The number of hydrogen-bond acceptors (Lipinski definition) is 3. The minimum Gasteiger partial charge on any atom is -0.481 e. The van der Waals surface area contributed by atoms with Gasteiger partial charge in [-0.2, -0.15) is 0 Å². The van der Waals surface area contributed by atoms with Crippen LogP contribution in [0.25, 0.3) is 0 Å². The molecule has 0 aliphatic heterocycles. The van der Waals surface area contributed by atoms with Crippen LogP contribution in [0, 0.1) is 0 Å². The summed E-state index contributed by atoms with van der Waals surface area (Å²) in [6.07, 6.45) is 3.70. The van der Waals surface area contributed by atoms with Crippen molar-refractivity contribution in [3.8, 4) is 0 Å². The summed E-state index contributed by atoms with van der Waals surface area (Å²) in [6.45, 7) is 0. The number of carboxylic acids is 1. The number of fused-ring (bicyclic) bond motifs is 1. The van der Waals surface area contributed by atoms with Crippen molar-refractivity contribution in [1.29, 1.82) is 0 Å². The standard InChI is InChI=1S/C12H14O3S/c13-8-5-12(6-8,11(14)15)10-4-7-2-1-3-9(7)16-10/h4,8,13H,1-3,5-6H2,(H,14,15). The van der Waals surface area contributed by atoms with Gasteiger partial charge in [0.15, 0.2) is 0 Å². The van der Waals surface area contributed by atoms with Crippen LogP contribution in [0.15, 0.2) is 6.07 Å². The Kier molecular flexibility index (Phi) is 2.13. The maximum Gasteiger partial charge on any atom is 0.315 e. The zero-order valence-electron chi connectivity index (χ0n) is 8.90. The summed E-state index contributed by atoms with van der Waals surface area (Å²) in [5, 5.41) is 18.7. The predicted molar refractivity (Wildman–Crippen MR) is 60.9 cm³/mol. The van der Waals surface area contributed by atoms with E-state index in [0.29, 0.717) is 12.8 Å². The molecule has 2 aliphatic carbocycles. The van der Waals surface area contributed by atoms with Gasteiger partial charge in [-0.05, 0) is 43.7 Å². The van der Waals surface area contributed by atoms with Crippen molar-refractivity contribution in [2.24, 2.45) is 0 Å². The van der Waals surface area contributed by atoms with Gasteiger partial charge in [0, 0.05) is 9.75 Å². The summed E-state index contributed by atoms with van der Waals surface area (Å²) in [7, 11) is 0. The molecule has 86 valence electrons. The molecule has 1 aromatic heterocycles. The third-order valence-corrected chi connectivity index (χ3v) is 5.24. The summed E-state index contributed by atoms with van der Waals surface area (Å²) < 4.78 is 0. The first-order valence-corrected chi connectivity index (χ1v) is 6.47. The molecule has 0 bridgehead atoms. The smallest absolute Gasteiger partial charge is 0.315 e. The SMILES string of the molecule is O=C(O)C1(c2cc3c(s2)CCC3)CC(O)C1. The number of hydrogen-bond donors (Lipinski definition) is 2. The van der Waals surface area contributed by atoms with Crippen molar-refractivity contribution in [2.75, 3.05) is 0 Å². The maximum absolute atomic E-state index is 11.4. The van der Waals surface area contributed by atoms with Crippen LogP contribution in [0.3, 0.4) is 0 Å². The first kappa shape index (κ1) is 10.3. The maximum atomic E-state index is 11.4. The Labute approximate surface area is 97.7 Å². The Morgan fingerprint density at radius 2 is 2.19 bits per heavy atom. The lowest BCUT2D eigenvalue weighted by Crippen LogP contribution is -2.50. The highest BCUT2D eigenvalue weighted by molar-refractivity contribution is 7.12. The Morgan fingerprint density at radius 1 is 1.44 bits per heavy atom. The molecular formula is C12H14O3S. The molecule has 4 heteroatoms. The highest BCUT2D eigenvalue weighted by atomic mass is 32.1. The first-order valence-electron chi connectivity index (χ1n) is 5.65.